The maximum absolute atomic E-state index is 2.39. The van der Waals surface area contributed by atoms with E-state index in [0.717, 1.165) is 11.8 Å². The Morgan fingerprint density at radius 1 is 0.600 bits per heavy atom. The molecule has 0 saturated carbocycles. The minimum absolute atomic E-state index is 0.876. The van der Waals surface area contributed by atoms with Gasteiger partial charge < -0.3 is 0 Å². The first-order valence-corrected chi connectivity index (χ1v) is 11.4. The van der Waals surface area contributed by atoms with Crippen molar-refractivity contribution in [1.82, 2.24) is 0 Å². The van der Waals surface area contributed by atoms with E-state index >= 15 is 0 Å². The Kier molecular flexibility index (Phi) is 17.9. The minimum Gasteiger partial charge on any atom is -0.0877 e. The first-order chi connectivity index (χ1) is 12.1. The SMILES string of the molecule is CC=CC=C(CCCCCCCC(C)C)CCCCCCCC(C)C. The van der Waals surface area contributed by atoms with Crippen LogP contribution in [0.1, 0.15) is 125 Å². The van der Waals surface area contributed by atoms with Crippen molar-refractivity contribution >= 4 is 0 Å². The fourth-order valence-electron chi connectivity index (χ4n) is 3.39. The zero-order valence-electron chi connectivity index (χ0n) is 18.3. The van der Waals surface area contributed by atoms with Gasteiger partial charge in [0.2, 0.25) is 0 Å². The third-order valence-corrected chi connectivity index (χ3v) is 5.08. The highest BCUT2D eigenvalue weighted by Gasteiger charge is 2.00. The summed E-state index contributed by atoms with van der Waals surface area (Å²) in [6.07, 6.45) is 26.4. The number of allylic oxidation sites excluding steroid dienone is 4. The molecule has 148 valence electrons. The molecule has 0 unspecified atom stereocenters. The summed E-state index contributed by atoms with van der Waals surface area (Å²) < 4.78 is 0. The van der Waals surface area contributed by atoms with Crippen molar-refractivity contribution in [3.63, 3.8) is 0 Å². The van der Waals surface area contributed by atoms with E-state index in [0.29, 0.717) is 0 Å². The van der Waals surface area contributed by atoms with Gasteiger partial charge in [-0.1, -0.05) is 116 Å². The molecule has 0 aromatic rings. The topological polar surface area (TPSA) is 0 Å². The lowest BCUT2D eigenvalue weighted by Gasteiger charge is -2.08. The zero-order chi connectivity index (χ0) is 18.8. The van der Waals surface area contributed by atoms with Crippen LogP contribution in [0.25, 0.3) is 0 Å². The molecule has 0 heteroatoms. The second-order valence-corrected chi connectivity index (χ2v) is 8.75. The normalized spacial score (nSPS) is 11.8. The summed E-state index contributed by atoms with van der Waals surface area (Å²) in [5.41, 5.74) is 1.68. The van der Waals surface area contributed by atoms with Crippen LogP contribution in [0.15, 0.2) is 23.8 Å². The summed E-state index contributed by atoms with van der Waals surface area (Å²) in [5.74, 6) is 1.75. The van der Waals surface area contributed by atoms with Crippen LogP contribution >= 0.6 is 0 Å². The summed E-state index contributed by atoms with van der Waals surface area (Å²) in [6, 6.07) is 0. The van der Waals surface area contributed by atoms with Crippen molar-refractivity contribution < 1.29 is 0 Å². The van der Waals surface area contributed by atoms with Crippen molar-refractivity contribution in [3.8, 4) is 0 Å². The standard InChI is InChI=1S/C25H48/c1-6-7-20-25(21-16-12-8-10-14-18-23(2)3)22-17-13-9-11-15-19-24(4)5/h6-7,20,23-24H,8-19,21-22H2,1-5H3. The van der Waals surface area contributed by atoms with E-state index in [9.17, 15) is 0 Å². The van der Waals surface area contributed by atoms with E-state index in [1.54, 1.807) is 5.57 Å². The zero-order valence-corrected chi connectivity index (χ0v) is 18.3. The molecule has 0 spiro atoms. The van der Waals surface area contributed by atoms with Crippen LogP contribution in [-0.4, -0.2) is 0 Å². The largest absolute Gasteiger partial charge is 0.0877 e. The average Bonchev–Trinajstić information content (AvgIpc) is 2.56. The molecular weight excluding hydrogens is 300 g/mol. The van der Waals surface area contributed by atoms with E-state index in [4.69, 9.17) is 0 Å². The Balaban J connectivity index is 3.73. The first-order valence-electron chi connectivity index (χ1n) is 11.4. The van der Waals surface area contributed by atoms with Gasteiger partial charge >= 0.3 is 0 Å². The van der Waals surface area contributed by atoms with E-state index in [-0.39, 0.29) is 0 Å². The maximum Gasteiger partial charge on any atom is -0.0317 e. The predicted molar refractivity (Wildman–Crippen MR) is 117 cm³/mol. The summed E-state index contributed by atoms with van der Waals surface area (Å²) in [6.45, 7) is 11.5. The molecule has 0 saturated heterocycles. The summed E-state index contributed by atoms with van der Waals surface area (Å²) in [7, 11) is 0. The monoisotopic (exact) mass is 348 g/mol. The molecule has 0 radical (unpaired) electrons. The molecule has 0 rings (SSSR count). The molecule has 0 atom stereocenters. The Bertz CT molecular complexity index is 295. The Morgan fingerprint density at radius 3 is 1.40 bits per heavy atom. The van der Waals surface area contributed by atoms with Crippen LogP contribution in [0.4, 0.5) is 0 Å². The molecule has 0 aromatic heterocycles. The summed E-state index contributed by atoms with van der Waals surface area (Å²) in [5, 5.41) is 0. The first kappa shape index (κ1) is 24.5. The van der Waals surface area contributed by atoms with Gasteiger partial charge in [-0.05, 0) is 44.4 Å². The van der Waals surface area contributed by atoms with Gasteiger partial charge in [0.05, 0.1) is 0 Å². The number of rotatable bonds is 17. The van der Waals surface area contributed by atoms with Gasteiger partial charge in [0, 0.05) is 0 Å². The lowest BCUT2D eigenvalue weighted by molar-refractivity contribution is 0.510. The molecule has 0 N–H and O–H groups in total. The molecule has 0 fully saturated rings. The lowest BCUT2D eigenvalue weighted by atomic mass is 9.98. The number of unbranched alkanes of at least 4 members (excludes halogenated alkanes) is 8. The van der Waals surface area contributed by atoms with Crippen molar-refractivity contribution in [2.75, 3.05) is 0 Å². The fraction of sp³-hybridized carbons (Fsp3) is 0.840. The van der Waals surface area contributed by atoms with Crippen LogP contribution in [0, 0.1) is 11.8 Å². The Hall–Kier alpha value is -0.520. The lowest BCUT2D eigenvalue weighted by Crippen LogP contribution is -1.90. The van der Waals surface area contributed by atoms with Crippen molar-refractivity contribution in [3.05, 3.63) is 23.8 Å². The van der Waals surface area contributed by atoms with Crippen molar-refractivity contribution in [2.24, 2.45) is 11.8 Å². The number of hydrogen-bond acceptors (Lipinski definition) is 0. The summed E-state index contributed by atoms with van der Waals surface area (Å²) >= 11 is 0. The Labute approximate surface area is 160 Å². The molecule has 0 aliphatic carbocycles. The van der Waals surface area contributed by atoms with Crippen molar-refractivity contribution in [2.45, 2.75) is 125 Å². The van der Waals surface area contributed by atoms with Gasteiger partial charge in [0.1, 0.15) is 0 Å². The second-order valence-electron chi connectivity index (χ2n) is 8.75. The molecule has 25 heavy (non-hydrogen) atoms. The van der Waals surface area contributed by atoms with Gasteiger partial charge in [-0.2, -0.15) is 0 Å². The maximum atomic E-state index is 2.39. The quantitative estimate of drug-likeness (QED) is 0.181. The highest BCUT2D eigenvalue weighted by Crippen LogP contribution is 2.19. The third kappa shape index (κ3) is 19.7. The van der Waals surface area contributed by atoms with Gasteiger partial charge in [-0.25, -0.2) is 0 Å². The van der Waals surface area contributed by atoms with Crippen LogP contribution in [0.2, 0.25) is 0 Å². The van der Waals surface area contributed by atoms with Gasteiger partial charge in [-0.15, -0.1) is 0 Å². The highest BCUT2D eigenvalue weighted by molar-refractivity contribution is 5.12. The van der Waals surface area contributed by atoms with Gasteiger partial charge in [0.15, 0.2) is 0 Å². The number of hydrogen-bond donors (Lipinski definition) is 0. The van der Waals surface area contributed by atoms with Crippen LogP contribution in [0.5, 0.6) is 0 Å². The van der Waals surface area contributed by atoms with Crippen LogP contribution in [0.3, 0.4) is 0 Å². The predicted octanol–water partition coefficient (Wildman–Crippen LogP) is 9.26. The van der Waals surface area contributed by atoms with E-state index in [1.807, 2.05) is 0 Å². The molecule has 0 aromatic carbocycles. The highest BCUT2D eigenvalue weighted by atomic mass is 14.1. The van der Waals surface area contributed by atoms with E-state index in [1.165, 1.54) is 89.9 Å². The molecule has 0 aliphatic rings. The second kappa shape index (κ2) is 18.3. The van der Waals surface area contributed by atoms with Gasteiger partial charge in [0.25, 0.3) is 0 Å². The summed E-state index contributed by atoms with van der Waals surface area (Å²) in [4.78, 5) is 0. The Morgan fingerprint density at radius 2 is 1.00 bits per heavy atom. The molecule has 0 aliphatic heterocycles. The van der Waals surface area contributed by atoms with Crippen LogP contribution < -0.4 is 0 Å². The minimum atomic E-state index is 0.876. The van der Waals surface area contributed by atoms with E-state index in [2.05, 4.69) is 52.8 Å². The van der Waals surface area contributed by atoms with Crippen molar-refractivity contribution in [1.29, 1.82) is 0 Å². The fourth-order valence-corrected chi connectivity index (χ4v) is 3.39. The van der Waals surface area contributed by atoms with Gasteiger partial charge in [-0.3, -0.25) is 0 Å². The average molecular weight is 349 g/mol. The molecule has 0 amide bonds. The molecule has 0 nitrogen and oxygen atoms in total. The molecule has 0 bridgehead atoms. The van der Waals surface area contributed by atoms with Crippen LogP contribution in [-0.2, 0) is 0 Å². The smallest absolute Gasteiger partial charge is 0.0317 e. The molecular formula is C25H48. The molecule has 0 heterocycles. The third-order valence-electron chi connectivity index (χ3n) is 5.08. The van der Waals surface area contributed by atoms with E-state index < -0.39 is 0 Å².